The van der Waals surface area contributed by atoms with Crippen molar-refractivity contribution in [3.05, 3.63) is 18.7 Å². The van der Waals surface area contributed by atoms with Crippen LogP contribution in [0.5, 0.6) is 0 Å². The molecule has 2 aromatic rings. The minimum atomic E-state index is 0.0222. The smallest absolute Gasteiger partial charge is 0.252 e. The quantitative estimate of drug-likeness (QED) is 0.626. The molecule has 0 unspecified atom stereocenters. The third kappa shape index (κ3) is 1.79. The average molecular weight is 211 g/mol. The van der Waals surface area contributed by atoms with Gasteiger partial charge in [0.15, 0.2) is 0 Å². The SMILES string of the molecule is OCCN(CCO)n1cnc2nccn21. The summed E-state index contributed by atoms with van der Waals surface area (Å²) in [5.41, 5.74) is 0. The average Bonchev–Trinajstić information content (AvgIpc) is 2.78. The highest BCUT2D eigenvalue weighted by Crippen LogP contribution is 1.98. The maximum Gasteiger partial charge on any atom is 0.252 e. The van der Waals surface area contributed by atoms with Gasteiger partial charge in [0.25, 0.3) is 5.78 Å². The second-order valence-corrected chi connectivity index (χ2v) is 3.04. The summed E-state index contributed by atoms with van der Waals surface area (Å²) in [6.07, 6.45) is 5.02. The summed E-state index contributed by atoms with van der Waals surface area (Å²) < 4.78 is 1.74. The third-order valence-electron chi connectivity index (χ3n) is 2.11. The number of hydrogen-bond acceptors (Lipinski definition) is 5. The number of imidazole rings is 1. The topological polar surface area (TPSA) is 78.8 Å². The van der Waals surface area contributed by atoms with Crippen molar-refractivity contribution in [3.8, 4) is 0 Å². The van der Waals surface area contributed by atoms with E-state index in [9.17, 15) is 0 Å². The molecular formula is C8H13N5O2. The zero-order valence-electron chi connectivity index (χ0n) is 8.19. The molecule has 0 fully saturated rings. The molecule has 0 spiro atoms. The molecule has 0 atom stereocenters. The monoisotopic (exact) mass is 211 g/mol. The maximum absolute atomic E-state index is 8.90. The lowest BCUT2D eigenvalue weighted by Gasteiger charge is -2.23. The van der Waals surface area contributed by atoms with Crippen LogP contribution in [-0.4, -0.2) is 55.8 Å². The van der Waals surface area contributed by atoms with Gasteiger partial charge in [-0.15, -0.1) is 0 Å². The summed E-state index contributed by atoms with van der Waals surface area (Å²) in [6.45, 7) is 0.914. The highest BCUT2D eigenvalue weighted by atomic mass is 16.3. The number of nitrogens with zero attached hydrogens (tertiary/aromatic N) is 5. The Morgan fingerprint density at radius 3 is 2.60 bits per heavy atom. The summed E-state index contributed by atoms with van der Waals surface area (Å²) in [6, 6.07) is 0. The van der Waals surface area contributed by atoms with E-state index in [4.69, 9.17) is 10.2 Å². The third-order valence-corrected chi connectivity index (χ3v) is 2.11. The molecular weight excluding hydrogens is 198 g/mol. The van der Waals surface area contributed by atoms with Crippen LogP contribution in [0.15, 0.2) is 18.7 Å². The van der Waals surface area contributed by atoms with Crippen molar-refractivity contribution in [2.45, 2.75) is 0 Å². The van der Waals surface area contributed by atoms with E-state index in [0.29, 0.717) is 18.9 Å². The number of aliphatic hydroxyl groups is 2. The Morgan fingerprint density at radius 2 is 1.93 bits per heavy atom. The predicted octanol–water partition coefficient (Wildman–Crippen LogP) is -1.55. The summed E-state index contributed by atoms with van der Waals surface area (Å²) >= 11 is 0. The van der Waals surface area contributed by atoms with Gasteiger partial charge in [-0.1, -0.05) is 0 Å². The number of rotatable bonds is 5. The van der Waals surface area contributed by atoms with Gasteiger partial charge in [0.1, 0.15) is 6.33 Å². The molecule has 0 aromatic carbocycles. The number of aromatic nitrogens is 4. The Bertz CT molecular complexity index is 417. The molecule has 15 heavy (non-hydrogen) atoms. The molecule has 7 nitrogen and oxygen atoms in total. The fourth-order valence-electron chi connectivity index (χ4n) is 1.46. The molecule has 82 valence electrons. The second kappa shape index (κ2) is 4.28. The van der Waals surface area contributed by atoms with Crippen molar-refractivity contribution in [1.82, 2.24) is 19.3 Å². The first kappa shape index (κ1) is 9.94. The lowest BCUT2D eigenvalue weighted by Crippen LogP contribution is -2.40. The first-order valence-corrected chi connectivity index (χ1v) is 4.70. The summed E-state index contributed by atoms with van der Waals surface area (Å²) in [5.74, 6) is 0.593. The van der Waals surface area contributed by atoms with Crippen LogP contribution < -0.4 is 5.01 Å². The highest BCUT2D eigenvalue weighted by molar-refractivity contribution is 5.24. The summed E-state index contributed by atoms with van der Waals surface area (Å²) in [7, 11) is 0. The van der Waals surface area contributed by atoms with Crippen molar-refractivity contribution in [1.29, 1.82) is 0 Å². The molecule has 2 heterocycles. The highest BCUT2D eigenvalue weighted by Gasteiger charge is 2.08. The van der Waals surface area contributed by atoms with Crippen LogP contribution in [0.1, 0.15) is 0 Å². The Kier molecular flexibility index (Phi) is 2.84. The number of hydrogen-bond donors (Lipinski definition) is 2. The summed E-state index contributed by atoms with van der Waals surface area (Å²) in [4.78, 5) is 9.81. The first-order chi connectivity index (χ1) is 7.36. The first-order valence-electron chi connectivity index (χ1n) is 4.70. The Labute approximate surface area is 86.2 Å². The zero-order chi connectivity index (χ0) is 10.7. The van der Waals surface area contributed by atoms with Gasteiger partial charge in [-0.3, -0.25) is 5.01 Å². The maximum atomic E-state index is 8.90. The Hall–Kier alpha value is -1.60. The molecule has 2 rings (SSSR count). The van der Waals surface area contributed by atoms with E-state index in [1.54, 1.807) is 33.0 Å². The largest absolute Gasteiger partial charge is 0.394 e. The molecule has 2 aromatic heterocycles. The predicted molar refractivity (Wildman–Crippen MR) is 53.1 cm³/mol. The summed E-state index contributed by atoms with van der Waals surface area (Å²) in [5, 5.41) is 19.6. The Morgan fingerprint density at radius 1 is 1.20 bits per heavy atom. The van der Waals surface area contributed by atoms with Crippen LogP contribution in [0, 0.1) is 0 Å². The van der Waals surface area contributed by atoms with Gasteiger partial charge in [-0.25, -0.2) is 9.50 Å². The van der Waals surface area contributed by atoms with Crippen LogP contribution in [0.3, 0.4) is 0 Å². The molecule has 0 aliphatic heterocycles. The van der Waals surface area contributed by atoms with Crippen LogP contribution in [0.2, 0.25) is 0 Å². The van der Waals surface area contributed by atoms with E-state index in [0.717, 1.165) is 0 Å². The lowest BCUT2D eigenvalue weighted by atomic mass is 10.6. The number of fused-ring (bicyclic) bond motifs is 1. The van der Waals surface area contributed by atoms with Gasteiger partial charge in [-0.2, -0.15) is 9.77 Å². The van der Waals surface area contributed by atoms with E-state index < -0.39 is 0 Å². The number of aliphatic hydroxyl groups excluding tert-OH is 2. The van der Waals surface area contributed by atoms with Gasteiger partial charge in [0.05, 0.1) is 32.5 Å². The van der Waals surface area contributed by atoms with Crippen LogP contribution in [-0.2, 0) is 0 Å². The molecule has 0 radical (unpaired) electrons. The molecule has 0 saturated carbocycles. The lowest BCUT2D eigenvalue weighted by molar-refractivity contribution is 0.259. The van der Waals surface area contributed by atoms with Crippen LogP contribution in [0.25, 0.3) is 5.78 Å². The fourth-order valence-corrected chi connectivity index (χ4v) is 1.46. The van der Waals surface area contributed by atoms with Crippen molar-refractivity contribution < 1.29 is 10.2 Å². The van der Waals surface area contributed by atoms with Crippen molar-refractivity contribution in [3.63, 3.8) is 0 Å². The zero-order valence-corrected chi connectivity index (χ0v) is 8.19. The minimum absolute atomic E-state index is 0.0222. The molecule has 7 heteroatoms. The minimum Gasteiger partial charge on any atom is -0.394 e. The van der Waals surface area contributed by atoms with E-state index in [2.05, 4.69) is 9.97 Å². The molecule has 0 amide bonds. The molecule has 2 N–H and O–H groups in total. The van der Waals surface area contributed by atoms with Gasteiger partial charge in [-0.05, 0) is 0 Å². The molecule has 0 saturated heterocycles. The second-order valence-electron chi connectivity index (χ2n) is 3.04. The van der Waals surface area contributed by atoms with Gasteiger partial charge in [0.2, 0.25) is 0 Å². The van der Waals surface area contributed by atoms with Crippen LogP contribution in [0.4, 0.5) is 0 Å². The van der Waals surface area contributed by atoms with Crippen molar-refractivity contribution >= 4 is 5.78 Å². The molecule has 0 aliphatic carbocycles. The standard InChI is InChI=1S/C8H13N5O2/c14-5-3-11(4-6-15)13-7-10-8-9-1-2-12(8)13/h1-2,7,14-15H,3-6H2. The van der Waals surface area contributed by atoms with E-state index in [1.807, 2.05) is 0 Å². The van der Waals surface area contributed by atoms with Gasteiger partial charge in [0, 0.05) is 6.20 Å². The van der Waals surface area contributed by atoms with Gasteiger partial charge < -0.3 is 10.2 Å². The van der Waals surface area contributed by atoms with Crippen LogP contribution >= 0.6 is 0 Å². The Balaban J connectivity index is 2.29. The van der Waals surface area contributed by atoms with Crippen molar-refractivity contribution in [2.24, 2.45) is 0 Å². The van der Waals surface area contributed by atoms with E-state index >= 15 is 0 Å². The van der Waals surface area contributed by atoms with Crippen molar-refractivity contribution in [2.75, 3.05) is 31.3 Å². The normalized spacial score (nSPS) is 11.1. The fraction of sp³-hybridized carbons (Fsp3) is 0.500. The van der Waals surface area contributed by atoms with E-state index in [1.165, 1.54) is 0 Å². The molecule has 0 aliphatic rings. The van der Waals surface area contributed by atoms with E-state index in [-0.39, 0.29) is 13.2 Å². The molecule has 0 bridgehead atoms. The van der Waals surface area contributed by atoms with Gasteiger partial charge >= 0.3 is 0 Å².